The van der Waals surface area contributed by atoms with Crippen LogP contribution in [0, 0.1) is 0 Å². The molecule has 5 nitrogen and oxygen atoms in total. The molecule has 0 aliphatic carbocycles. The number of benzene rings is 3. The zero-order chi connectivity index (χ0) is 22.8. The molecule has 0 radical (unpaired) electrons. The van der Waals surface area contributed by atoms with Crippen molar-refractivity contribution in [1.82, 2.24) is 10.2 Å². The van der Waals surface area contributed by atoms with E-state index in [2.05, 4.69) is 41.5 Å². The molecule has 3 rings (SSSR count). The lowest BCUT2D eigenvalue weighted by atomic mass is 10.2. The summed E-state index contributed by atoms with van der Waals surface area (Å²) in [7, 11) is 0. The first-order valence-corrected chi connectivity index (χ1v) is 11.2. The Morgan fingerprint density at radius 3 is 2.16 bits per heavy atom. The Kier molecular flexibility index (Phi) is 8.78. The SMILES string of the molecule is CCN(CC)Cc1ccc(NC(=S)NC(=O)c2ccc(OCc3ccccc3)cc2)cc1. The molecule has 0 fully saturated rings. The molecule has 0 aliphatic heterocycles. The van der Waals surface area contributed by atoms with Crippen LogP contribution in [0.4, 0.5) is 5.69 Å². The summed E-state index contributed by atoms with van der Waals surface area (Å²) < 4.78 is 5.76. The minimum atomic E-state index is -0.268. The Morgan fingerprint density at radius 1 is 0.875 bits per heavy atom. The molecule has 6 heteroatoms. The quantitative estimate of drug-likeness (QED) is 0.440. The molecule has 3 aromatic carbocycles. The number of amides is 1. The highest BCUT2D eigenvalue weighted by atomic mass is 32.1. The van der Waals surface area contributed by atoms with Crippen LogP contribution >= 0.6 is 12.2 Å². The number of nitrogens with one attached hydrogen (secondary N) is 2. The summed E-state index contributed by atoms with van der Waals surface area (Å²) >= 11 is 5.30. The van der Waals surface area contributed by atoms with Crippen molar-refractivity contribution in [2.24, 2.45) is 0 Å². The van der Waals surface area contributed by atoms with E-state index in [4.69, 9.17) is 17.0 Å². The highest BCUT2D eigenvalue weighted by Crippen LogP contribution is 2.15. The molecule has 0 atom stereocenters. The molecule has 0 aromatic heterocycles. The fraction of sp³-hybridized carbons (Fsp3) is 0.231. The van der Waals surface area contributed by atoms with E-state index >= 15 is 0 Å². The lowest BCUT2D eigenvalue weighted by molar-refractivity contribution is 0.0977. The zero-order valence-electron chi connectivity index (χ0n) is 18.5. The van der Waals surface area contributed by atoms with Crippen LogP contribution < -0.4 is 15.4 Å². The van der Waals surface area contributed by atoms with Crippen molar-refractivity contribution in [2.45, 2.75) is 27.0 Å². The van der Waals surface area contributed by atoms with Crippen molar-refractivity contribution in [3.8, 4) is 5.75 Å². The molecule has 0 saturated carbocycles. The third-order valence-corrected chi connectivity index (χ3v) is 5.31. The van der Waals surface area contributed by atoms with Gasteiger partial charge in [-0.1, -0.05) is 56.3 Å². The van der Waals surface area contributed by atoms with Crippen molar-refractivity contribution in [1.29, 1.82) is 0 Å². The number of carbonyl (C=O) groups is 1. The summed E-state index contributed by atoms with van der Waals surface area (Å²) in [5.74, 6) is 0.436. The van der Waals surface area contributed by atoms with E-state index in [1.165, 1.54) is 5.56 Å². The first-order valence-electron chi connectivity index (χ1n) is 10.8. The summed E-state index contributed by atoms with van der Waals surface area (Å²) in [6, 6.07) is 25.0. The fourth-order valence-electron chi connectivity index (χ4n) is 3.18. The normalized spacial score (nSPS) is 10.6. The molecule has 2 N–H and O–H groups in total. The molecule has 0 unspecified atom stereocenters. The summed E-state index contributed by atoms with van der Waals surface area (Å²) in [6.45, 7) is 7.75. The van der Waals surface area contributed by atoms with Gasteiger partial charge >= 0.3 is 0 Å². The fourth-order valence-corrected chi connectivity index (χ4v) is 3.39. The Hall–Kier alpha value is -3.22. The highest BCUT2D eigenvalue weighted by molar-refractivity contribution is 7.80. The van der Waals surface area contributed by atoms with Crippen molar-refractivity contribution in [3.63, 3.8) is 0 Å². The molecule has 0 saturated heterocycles. The second-order valence-electron chi connectivity index (χ2n) is 7.37. The van der Waals surface area contributed by atoms with E-state index in [0.29, 0.717) is 17.9 Å². The van der Waals surface area contributed by atoms with E-state index in [1.54, 1.807) is 24.3 Å². The topological polar surface area (TPSA) is 53.6 Å². The van der Waals surface area contributed by atoms with E-state index in [-0.39, 0.29) is 11.0 Å². The van der Waals surface area contributed by atoms with Gasteiger partial charge in [-0.15, -0.1) is 0 Å². The molecule has 1 amide bonds. The Bertz CT molecular complexity index is 1000. The smallest absolute Gasteiger partial charge is 0.257 e. The lowest BCUT2D eigenvalue weighted by Gasteiger charge is -2.18. The van der Waals surface area contributed by atoms with Gasteiger partial charge < -0.3 is 10.1 Å². The van der Waals surface area contributed by atoms with Crippen LogP contribution in [0.2, 0.25) is 0 Å². The monoisotopic (exact) mass is 447 g/mol. The molecule has 166 valence electrons. The number of nitrogens with zero attached hydrogens (tertiary/aromatic N) is 1. The predicted molar refractivity (Wildman–Crippen MR) is 134 cm³/mol. The number of anilines is 1. The maximum atomic E-state index is 12.5. The van der Waals surface area contributed by atoms with Crippen LogP contribution in [0.3, 0.4) is 0 Å². The molecular weight excluding hydrogens is 418 g/mol. The average Bonchev–Trinajstić information content (AvgIpc) is 2.83. The molecule has 32 heavy (non-hydrogen) atoms. The van der Waals surface area contributed by atoms with E-state index < -0.39 is 0 Å². The van der Waals surface area contributed by atoms with Gasteiger partial charge in [0.2, 0.25) is 0 Å². The number of thiocarbonyl (C=S) groups is 1. The number of rotatable bonds is 9. The Labute approximate surface area is 195 Å². The number of hydrogen-bond donors (Lipinski definition) is 2. The van der Waals surface area contributed by atoms with Gasteiger partial charge in [0.15, 0.2) is 5.11 Å². The first-order chi connectivity index (χ1) is 15.6. The summed E-state index contributed by atoms with van der Waals surface area (Å²) in [5.41, 5.74) is 3.68. The maximum Gasteiger partial charge on any atom is 0.257 e. The van der Waals surface area contributed by atoms with Crippen LogP contribution in [0.25, 0.3) is 0 Å². The van der Waals surface area contributed by atoms with Crippen molar-refractivity contribution < 1.29 is 9.53 Å². The van der Waals surface area contributed by atoms with Gasteiger partial charge in [0.1, 0.15) is 12.4 Å². The molecule has 0 aliphatic rings. The maximum absolute atomic E-state index is 12.5. The third kappa shape index (κ3) is 7.18. The van der Waals surface area contributed by atoms with Gasteiger partial charge in [-0.3, -0.25) is 15.0 Å². The minimum Gasteiger partial charge on any atom is -0.489 e. The zero-order valence-corrected chi connectivity index (χ0v) is 19.3. The van der Waals surface area contributed by atoms with E-state index in [0.717, 1.165) is 30.9 Å². The number of carbonyl (C=O) groups excluding carboxylic acids is 1. The van der Waals surface area contributed by atoms with E-state index in [1.807, 2.05) is 42.5 Å². The predicted octanol–water partition coefficient (Wildman–Crippen LogP) is 5.23. The summed E-state index contributed by atoms with van der Waals surface area (Å²) in [4.78, 5) is 14.8. The van der Waals surface area contributed by atoms with Gasteiger partial charge in [0.05, 0.1) is 0 Å². The standard InChI is InChI=1S/C26H29N3O2S/c1-3-29(4-2)18-20-10-14-23(15-11-20)27-26(32)28-25(30)22-12-16-24(17-13-22)31-19-21-8-6-5-7-9-21/h5-17H,3-4,18-19H2,1-2H3,(H2,27,28,30,32). The lowest BCUT2D eigenvalue weighted by Crippen LogP contribution is -2.34. The summed E-state index contributed by atoms with van der Waals surface area (Å²) in [6.07, 6.45) is 0. The average molecular weight is 448 g/mol. The van der Waals surface area contributed by atoms with Crippen molar-refractivity contribution in [2.75, 3.05) is 18.4 Å². The molecular formula is C26H29N3O2S. The van der Waals surface area contributed by atoms with Crippen LogP contribution in [-0.4, -0.2) is 29.0 Å². The van der Waals surface area contributed by atoms with Gasteiger partial charge in [-0.2, -0.15) is 0 Å². The summed E-state index contributed by atoms with van der Waals surface area (Å²) in [5, 5.41) is 6.04. The largest absolute Gasteiger partial charge is 0.489 e. The van der Waals surface area contributed by atoms with Crippen LogP contribution in [0.15, 0.2) is 78.9 Å². The highest BCUT2D eigenvalue weighted by Gasteiger charge is 2.09. The Morgan fingerprint density at radius 2 is 1.53 bits per heavy atom. The van der Waals surface area contributed by atoms with Crippen LogP contribution in [-0.2, 0) is 13.2 Å². The minimum absolute atomic E-state index is 0.260. The third-order valence-electron chi connectivity index (χ3n) is 5.10. The van der Waals surface area contributed by atoms with Crippen LogP contribution in [0.1, 0.15) is 35.3 Å². The second-order valence-corrected chi connectivity index (χ2v) is 7.77. The Balaban J connectivity index is 1.48. The molecule has 0 heterocycles. The van der Waals surface area contributed by atoms with Crippen molar-refractivity contribution in [3.05, 3.63) is 95.6 Å². The van der Waals surface area contributed by atoms with Crippen LogP contribution in [0.5, 0.6) is 5.75 Å². The molecule has 0 spiro atoms. The van der Waals surface area contributed by atoms with Crippen molar-refractivity contribution >= 4 is 28.9 Å². The first kappa shape index (κ1) is 23.4. The molecule has 0 bridgehead atoms. The van der Waals surface area contributed by atoms with Gasteiger partial charge in [-0.25, -0.2) is 0 Å². The van der Waals surface area contributed by atoms with Gasteiger partial charge in [0, 0.05) is 17.8 Å². The molecule has 3 aromatic rings. The number of hydrogen-bond acceptors (Lipinski definition) is 4. The second kappa shape index (κ2) is 12.0. The number of ether oxygens (including phenoxy) is 1. The van der Waals surface area contributed by atoms with E-state index in [9.17, 15) is 4.79 Å². The van der Waals surface area contributed by atoms with Gasteiger partial charge in [-0.05, 0) is 72.8 Å². The van der Waals surface area contributed by atoms with Gasteiger partial charge in [0.25, 0.3) is 5.91 Å².